The standard InChI is InChI=1S/C11H14O2.C2H6/c1-4-13-11(12)10-7-5-6-8(2)9(10)3;1-2/h5-7H,4H2,1-3H3;1-2H3. The van der Waals surface area contributed by atoms with Crippen molar-refractivity contribution < 1.29 is 9.53 Å². The molecule has 1 aromatic carbocycles. The van der Waals surface area contributed by atoms with E-state index in [2.05, 4.69) is 0 Å². The second-order valence-electron chi connectivity index (χ2n) is 2.97. The summed E-state index contributed by atoms with van der Waals surface area (Å²) >= 11 is 0. The molecule has 1 aromatic rings. The lowest BCUT2D eigenvalue weighted by Crippen LogP contribution is -2.07. The quantitative estimate of drug-likeness (QED) is 0.695. The van der Waals surface area contributed by atoms with Gasteiger partial charge in [0.25, 0.3) is 0 Å². The van der Waals surface area contributed by atoms with Crippen molar-refractivity contribution in [1.82, 2.24) is 0 Å². The van der Waals surface area contributed by atoms with Gasteiger partial charge in [0.1, 0.15) is 0 Å². The molecule has 0 aliphatic rings. The van der Waals surface area contributed by atoms with E-state index in [0.29, 0.717) is 12.2 Å². The summed E-state index contributed by atoms with van der Waals surface area (Å²) in [6.45, 7) is 10.1. The van der Waals surface area contributed by atoms with Crippen LogP contribution in [0.4, 0.5) is 0 Å². The number of aryl methyl sites for hydroxylation is 1. The maximum atomic E-state index is 11.4. The predicted molar refractivity (Wildman–Crippen MR) is 63.2 cm³/mol. The van der Waals surface area contributed by atoms with Gasteiger partial charge in [0.15, 0.2) is 0 Å². The normalized spacial score (nSPS) is 8.87. The Hall–Kier alpha value is -1.31. The van der Waals surface area contributed by atoms with Gasteiger partial charge in [-0.15, -0.1) is 0 Å². The Bertz CT molecular complexity index is 316. The van der Waals surface area contributed by atoms with Gasteiger partial charge in [0, 0.05) is 0 Å². The SMILES string of the molecule is CC.CCOC(=O)c1cccc(C)c1C. The van der Waals surface area contributed by atoms with E-state index in [1.807, 2.05) is 46.8 Å². The van der Waals surface area contributed by atoms with Gasteiger partial charge in [-0.2, -0.15) is 0 Å². The van der Waals surface area contributed by atoms with Crippen molar-refractivity contribution >= 4 is 5.97 Å². The van der Waals surface area contributed by atoms with Crippen molar-refractivity contribution in [1.29, 1.82) is 0 Å². The third-order valence-electron chi connectivity index (χ3n) is 2.10. The number of carbonyl (C=O) groups is 1. The van der Waals surface area contributed by atoms with E-state index in [-0.39, 0.29) is 5.97 Å². The maximum absolute atomic E-state index is 11.4. The number of hydrogen-bond acceptors (Lipinski definition) is 2. The molecule has 0 amide bonds. The average Bonchev–Trinajstić information content (AvgIpc) is 2.25. The minimum absolute atomic E-state index is 0.233. The molecule has 0 bridgehead atoms. The summed E-state index contributed by atoms with van der Waals surface area (Å²) < 4.78 is 4.92. The van der Waals surface area contributed by atoms with Gasteiger partial charge in [-0.25, -0.2) is 4.79 Å². The van der Waals surface area contributed by atoms with Crippen LogP contribution in [-0.2, 0) is 4.74 Å². The molecule has 0 aromatic heterocycles. The van der Waals surface area contributed by atoms with Crippen molar-refractivity contribution in [3.8, 4) is 0 Å². The van der Waals surface area contributed by atoms with Gasteiger partial charge < -0.3 is 4.74 Å². The zero-order valence-electron chi connectivity index (χ0n) is 10.3. The minimum atomic E-state index is -0.233. The molecule has 0 saturated carbocycles. The zero-order chi connectivity index (χ0) is 11.8. The van der Waals surface area contributed by atoms with E-state index < -0.39 is 0 Å². The molecule has 0 spiro atoms. The highest BCUT2D eigenvalue weighted by molar-refractivity contribution is 5.91. The smallest absolute Gasteiger partial charge is 0.338 e. The average molecular weight is 208 g/mol. The topological polar surface area (TPSA) is 26.3 Å². The van der Waals surface area contributed by atoms with Crippen LogP contribution in [0.2, 0.25) is 0 Å². The third-order valence-corrected chi connectivity index (χ3v) is 2.10. The van der Waals surface area contributed by atoms with Crippen molar-refractivity contribution in [3.63, 3.8) is 0 Å². The van der Waals surface area contributed by atoms with Crippen LogP contribution in [0.15, 0.2) is 18.2 Å². The highest BCUT2D eigenvalue weighted by Crippen LogP contribution is 2.13. The minimum Gasteiger partial charge on any atom is -0.462 e. The Kier molecular flexibility index (Phi) is 6.43. The monoisotopic (exact) mass is 208 g/mol. The molecule has 0 fully saturated rings. The summed E-state index contributed by atoms with van der Waals surface area (Å²) in [5.74, 6) is -0.233. The number of benzene rings is 1. The van der Waals surface area contributed by atoms with Crippen LogP contribution >= 0.6 is 0 Å². The summed E-state index contributed by atoms with van der Waals surface area (Å²) in [5.41, 5.74) is 2.79. The Morgan fingerprint density at radius 1 is 1.27 bits per heavy atom. The van der Waals surface area contributed by atoms with E-state index in [4.69, 9.17) is 4.74 Å². The first-order valence-corrected chi connectivity index (χ1v) is 5.40. The van der Waals surface area contributed by atoms with E-state index >= 15 is 0 Å². The number of hydrogen-bond donors (Lipinski definition) is 0. The van der Waals surface area contributed by atoms with Crippen LogP contribution in [0.3, 0.4) is 0 Å². The molecule has 0 saturated heterocycles. The molecular formula is C13H20O2. The van der Waals surface area contributed by atoms with Gasteiger partial charge in [0.2, 0.25) is 0 Å². The molecule has 84 valence electrons. The summed E-state index contributed by atoms with van der Waals surface area (Å²) in [5, 5.41) is 0. The summed E-state index contributed by atoms with van der Waals surface area (Å²) in [7, 11) is 0. The Morgan fingerprint density at radius 2 is 1.87 bits per heavy atom. The highest BCUT2D eigenvalue weighted by Gasteiger charge is 2.09. The van der Waals surface area contributed by atoms with Crippen molar-refractivity contribution in [2.75, 3.05) is 6.61 Å². The van der Waals surface area contributed by atoms with Gasteiger partial charge in [-0.3, -0.25) is 0 Å². The van der Waals surface area contributed by atoms with Gasteiger partial charge in [0.05, 0.1) is 12.2 Å². The third kappa shape index (κ3) is 3.74. The molecule has 15 heavy (non-hydrogen) atoms. The number of carbonyl (C=O) groups excluding carboxylic acids is 1. The van der Waals surface area contributed by atoms with Gasteiger partial charge in [-0.1, -0.05) is 26.0 Å². The summed E-state index contributed by atoms with van der Waals surface area (Å²) in [4.78, 5) is 11.4. The van der Waals surface area contributed by atoms with Crippen LogP contribution in [-0.4, -0.2) is 12.6 Å². The molecule has 0 heterocycles. The zero-order valence-corrected chi connectivity index (χ0v) is 10.3. The largest absolute Gasteiger partial charge is 0.462 e. The van der Waals surface area contributed by atoms with E-state index in [1.54, 1.807) is 6.07 Å². The fourth-order valence-corrected chi connectivity index (χ4v) is 1.18. The van der Waals surface area contributed by atoms with Crippen LogP contribution in [0.1, 0.15) is 42.3 Å². The molecule has 0 aliphatic carbocycles. The first-order chi connectivity index (χ1) is 7.16. The Balaban J connectivity index is 0.000000921. The molecule has 1 rings (SSSR count). The Morgan fingerprint density at radius 3 is 2.40 bits per heavy atom. The Labute approximate surface area is 92.3 Å². The van der Waals surface area contributed by atoms with Crippen molar-refractivity contribution in [2.45, 2.75) is 34.6 Å². The molecule has 0 N–H and O–H groups in total. The summed E-state index contributed by atoms with van der Waals surface area (Å²) in [6.07, 6.45) is 0. The first kappa shape index (κ1) is 13.7. The predicted octanol–water partition coefficient (Wildman–Crippen LogP) is 3.51. The number of ether oxygens (including phenoxy) is 1. The molecule has 0 radical (unpaired) electrons. The van der Waals surface area contributed by atoms with Crippen LogP contribution in [0, 0.1) is 13.8 Å². The molecule has 0 atom stereocenters. The van der Waals surface area contributed by atoms with Crippen molar-refractivity contribution in [3.05, 3.63) is 34.9 Å². The second-order valence-corrected chi connectivity index (χ2v) is 2.97. The van der Waals surface area contributed by atoms with Gasteiger partial charge >= 0.3 is 5.97 Å². The van der Waals surface area contributed by atoms with Crippen LogP contribution < -0.4 is 0 Å². The van der Waals surface area contributed by atoms with Gasteiger partial charge in [-0.05, 0) is 38.0 Å². The molecule has 2 nitrogen and oxygen atoms in total. The number of esters is 1. The lowest BCUT2D eigenvalue weighted by Gasteiger charge is -2.06. The van der Waals surface area contributed by atoms with Crippen LogP contribution in [0.25, 0.3) is 0 Å². The molecule has 0 unspecified atom stereocenters. The fourth-order valence-electron chi connectivity index (χ4n) is 1.18. The summed E-state index contributed by atoms with van der Waals surface area (Å²) in [6, 6.07) is 5.65. The maximum Gasteiger partial charge on any atom is 0.338 e. The second kappa shape index (κ2) is 7.04. The highest BCUT2D eigenvalue weighted by atomic mass is 16.5. The number of rotatable bonds is 2. The lowest BCUT2D eigenvalue weighted by molar-refractivity contribution is 0.0525. The van der Waals surface area contributed by atoms with Crippen LogP contribution in [0.5, 0.6) is 0 Å². The van der Waals surface area contributed by atoms with E-state index in [9.17, 15) is 4.79 Å². The molecule has 0 aliphatic heterocycles. The fraction of sp³-hybridized carbons (Fsp3) is 0.462. The van der Waals surface area contributed by atoms with E-state index in [1.165, 1.54) is 0 Å². The first-order valence-electron chi connectivity index (χ1n) is 5.40. The van der Waals surface area contributed by atoms with E-state index in [0.717, 1.165) is 11.1 Å². The van der Waals surface area contributed by atoms with Crippen molar-refractivity contribution in [2.24, 2.45) is 0 Å². The molecule has 2 heteroatoms. The lowest BCUT2D eigenvalue weighted by atomic mass is 10.0. The molecular weight excluding hydrogens is 188 g/mol.